The van der Waals surface area contributed by atoms with Crippen LogP contribution < -0.4 is 0 Å². The van der Waals surface area contributed by atoms with Crippen molar-refractivity contribution >= 4 is 0 Å². The van der Waals surface area contributed by atoms with Crippen molar-refractivity contribution in [3.8, 4) is 22.6 Å². The van der Waals surface area contributed by atoms with Crippen LogP contribution in [-0.4, -0.2) is 34.7 Å². The molecule has 0 aliphatic carbocycles. The fourth-order valence-corrected chi connectivity index (χ4v) is 5.01. The van der Waals surface area contributed by atoms with Crippen molar-refractivity contribution in [2.24, 2.45) is 0 Å². The van der Waals surface area contributed by atoms with E-state index in [-0.39, 0.29) is 11.5 Å². The minimum atomic E-state index is 0.222. The van der Waals surface area contributed by atoms with Crippen LogP contribution in [0.1, 0.15) is 109 Å². The van der Waals surface area contributed by atoms with Gasteiger partial charge >= 0.3 is 0 Å². The van der Waals surface area contributed by atoms with E-state index in [0.717, 1.165) is 30.5 Å². The number of phenols is 2. The zero-order valence-electron chi connectivity index (χ0n) is 22.6. The first-order chi connectivity index (χ1) is 17.2. The van der Waals surface area contributed by atoms with E-state index in [4.69, 9.17) is 0 Å². The Balaban J connectivity index is 1.84. The summed E-state index contributed by atoms with van der Waals surface area (Å²) < 4.78 is 0. The predicted molar refractivity (Wildman–Crippen MR) is 151 cm³/mol. The van der Waals surface area contributed by atoms with Crippen LogP contribution in [0.2, 0.25) is 0 Å². The second-order valence-electron chi connectivity index (χ2n) is 10.2. The molecule has 0 saturated carbocycles. The Morgan fingerprint density at radius 1 is 0.543 bits per heavy atom. The van der Waals surface area contributed by atoms with Gasteiger partial charge < -0.3 is 15.1 Å². The standard InChI is InChI=1S/C32H51NO2/c1-3-5-7-9-11-16-25-33(26-17-12-10-8-6-4-2)27-18-15-20-28-21-19-24-31(35)32(28)29-22-13-14-23-30(29)34/h13-14,19,21-24,34-35H,3-12,15-18,20,25-27H2,1-2H3. The van der Waals surface area contributed by atoms with Crippen LogP contribution in [0.4, 0.5) is 0 Å². The van der Waals surface area contributed by atoms with Gasteiger partial charge in [-0.25, -0.2) is 0 Å². The van der Waals surface area contributed by atoms with Crippen molar-refractivity contribution in [1.29, 1.82) is 0 Å². The van der Waals surface area contributed by atoms with Gasteiger partial charge in [-0.2, -0.15) is 0 Å². The molecule has 3 nitrogen and oxygen atoms in total. The second kappa shape index (κ2) is 18.3. The largest absolute Gasteiger partial charge is 0.507 e. The molecule has 3 heteroatoms. The van der Waals surface area contributed by atoms with Gasteiger partial charge in [0.15, 0.2) is 0 Å². The fourth-order valence-electron chi connectivity index (χ4n) is 5.01. The summed E-state index contributed by atoms with van der Waals surface area (Å²) in [7, 11) is 0. The Labute approximate surface area is 215 Å². The van der Waals surface area contributed by atoms with Crippen molar-refractivity contribution in [3.63, 3.8) is 0 Å². The summed E-state index contributed by atoms with van der Waals surface area (Å²) in [5.41, 5.74) is 2.61. The Morgan fingerprint density at radius 3 is 1.66 bits per heavy atom. The molecule has 0 radical (unpaired) electrons. The number of rotatable bonds is 20. The van der Waals surface area contributed by atoms with E-state index in [2.05, 4.69) is 24.8 Å². The molecule has 0 atom stereocenters. The summed E-state index contributed by atoms with van der Waals surface area (Å²) in [4.78, 5) is 2.70. The number of aromatic hydroxyl groups is 2. The second-order valence-corrected chi connectivity index (χ2v) is 10.2. The average Bonchev–Trinajstić information content (AvgIpc) is 2.86. The van der Waals surface area contributed by atoms with Gasteiger partial charge in [0.05, 0.1) is 0 Å². The van der Waals surface area contributed by atoms with Gasteiger partial charge in [-0.05, 0) is 69.4 Å². The molecular formula is C32H51NO2. The number of aryl methyl sites for hydroxylation is 1. The Bertz CT molecular complexity index is 788. The third kappa shape index (κ3) is 11.5. The Morgan fingerprint density at radius 2 is 1.06 bits per heavy atom. The van der Waals surface area contributed by atoms with Crippen LogP contribution in [0, 0.1) is 0 Å². The molecule has 0 heterocycles. The van der Waals surface area contributed by atoms with Crippen molar-refractivity contribution in [2.45, 2.75) is 110 Å². The van der Waals surface area contributed by atoms with Crippen LogP contribution in [0.25, 0.3) is 11.1 Å². The number of hydrogen-bond acceptors (Lipinski definition) is 3. The van der Waals surface area contributed by atoms with Crippen LogP contribution >= 0.6 is 0 Å². The van der Waals surface area contributed by atoms with Crippen molar-refractivity contribution < 1.29 is 10.2 Å². The van der Waals surface area contributed by atoms with Crippen LogP contribution in [0.15, 0.2) is 42.5 Å². The lowest BCUT2D eigenvalue weighted by Crippen LogP contribution is -2.27. The molecule has 35 heavy (non-hydrogen) atoms. The zero-order valence-corrected chi connectivity index (χ0v) is 22.6. The first-order valence-electron chi connectivity index (χ1n) is 14.5. The third-order valence-corrected chi connectivity index (χ3v) is 7.13. The fraction of sp³-hybridized carbons (Fsp3) is 0.625. The molecule has 0 unspecified atom stereocenters. The van der Waals surface area contributed by atoms with E-state index in [1.807, 2.05) is 24.3 Å². The zero-order chi connectivity index (χ0) is 25.1. The monoisotopic (exact) mass is 481 g/mol. The highest BCUT2D eigenvalue weighted by molar-refractivity contribution is 5.78. The normalized spacial score (nSPS) is 11.4. The quantitative estimate of drug-likeness (QED) is 0.185. The molecule has 0 amide bonds. The maximum Gasteiger partial charge on any atom is 0.123 e. The van der Waals surface area contributed by atoms with Crippen LogP contribution in [-0.2, 0) is 6.42 Å². The van der Waals surface area contributed by atoms with E-state index in [9.17, 15) is 10.2 Å². The van der Waals surface area contributed by atoms with E-state index in [1.165, 1.54) is 96.6 Å². The van der Waals surface area contributed by atoms with Crippen LogP contribution in [0.3, 0.4) is 0 Å². The molecule has 0 aliphatic heterocycles. The lowest BCUT2D eigenvalue weighted by atomic mass is 9.94. The number of para-hydroxylation sites is 1. The smallest absolute Gasteiger partial charge is 0.123 e. The number of hydrogen-bond donors (Lipinski definition) is 2. The summed E-state index contributed by atoms with van der Waals surface area (Å²) in [5.74, 6) is 0.469. The highest BCUT2D eigenvalue weighted by atomic mass is 16.3. The first-order valence-corrected chi connectivity index (χ1v) is 14.5. The first kappa shape index (κ1) is 29.2. The average molecular weight is 482 g/mol. The predicted octanol–water partition coefficient (Wildman–Crippen LogP) is 9.11. The minimum absolute atomic E-state index is 0.222. The van der Waals surface area contributed by atoms with Crippen molar-refractivity contribution in [2.75, 3.05) is 19.6 Å². The van der Waals surface area contributed by atoms with Crippen molar-refractivity contribution in [1.82, 2.24) is 4.90 Å². The lowest BCUT2D eigenvalue weighted by Gasteiger charge is -2.22. The lowest BCUT2D eigenvalue weighted by molar-refractivity contribution is 0.255. The molecule has 2 aromatic carbocycles. The molecule has 0 bridgehead atoms. The SMILES string of the molecule is CCCCCCCCN(CCCCCCCC)CCCCc1cccc(O)c1-c1ccccc1O. The molecule has 0 aromatic heterocycles. The molecule has 0 aliphatic rings. The molecular weight excluding hydrogens is 430 g/mol. The summed E-state index contributed by atoms with van der Waals surface area (Å²) in [5, 5.41) is 20.9. The van der Waals surface area contributed by atoms with Gasteiger partial charge in [-0.3, -0.25) is 0 Å². The molecule has 2 aromatic rings. The summed E-state index contributed by atoms with van der Waals surface area (Å²) in [6.07, 6.45) is 19.5. The van der Waals surface area contributed by atoms with E-state index < -0.39 is 0 Å². The number of nitrogens with zero attached hydrogens (tertiary/aromatic N) is 1. The molecule has 0 spiro atoms. The number of benzene rings is 2. The van der Waals surface area contributed by atoms with E-state index in [0.29, 0.717) is 5.56 Å². The van der Waals surface area contributed by atoms with Gasteiger partial charge in [0, 0.05) is 11.1 Å². The van der Waals surface area contributed by atoms with E-state index >= 15 is 0 Å². The molecule has 196 valence electrons. The molecule has 2 N–H and O–H groups in total. The molecule has 0 fully saturated rings. The van der Waals surface area contributed by atoms with E-state index in [1.54, 1.807) is 12.1 Å². The van der Waals surface area contributed by atoms with Gasteiger partial charge in [0.1, 0.15) is 11.5 Å². The Kier molecular flexibility index (Phi) is 15.3. The summed E-state index contributed by atoms with van der Waals surface area (Å²) in [6.45, 7) is 8.19. The van der Waals surface area contributed by atoms with Gasteiger partial charge in [0.2, 0.25) is 0 Å². The molecule has 2 rings (SSSR count). The van der Waals surface area contributed by atoms with Crippen molar-refractivity contribution in [3.05, 3.63) is 48.0 Å². The Hall–Kier alpha value is -2.00. The third-order valence-electron chi connectivity index (χ3n) is 7.13. The van der Waals surface area contributed by atoms with Gasteiger partial charge in [-0.15, -0.1) is 0 Å². The maximum atomic E-state index is 10.5. The molecule has 0 saturated heterocycles. The van der Waals surface area contributed by atoms with Gasteiger partial charge in [-0.1, -0.05) is 108 Å². The highest BCUT2D eigenvalue weighted by Crippen LogP contribution is 2.38. The number of phenolic OH excluding ortho intramolecular Hbond substituents is 2. The topological polar surface area (TPSA) is 43.7 Å². The van der Waals surface area contributed by atoms with Crippen LogP contribution in [0.5, 0.6) is 11.5 Å². The summed E-state index contributed by atoms with van der Waals surface area (Å²) in [6, 6.07) is 13.0. The van der Waals surface area contributed by atoms with Gasteiger partial charge in [0.25, 0.3) is 0 Å². The summed E-state index contributed by atoms with van der Waals surface area (Å²) >= 11 is 0. The maximum absolute atomic E-state index is 10.5. The number of unbranched alkanes of at least 4 members (excludes halogenated alkanes) is 11. The minimum Gasteiger partial charge on any atom is -0.507 e. The highest BCUT2D eigenvalue weighted by Gasteiger charge is 2.13.